The van der Waals surface area contributed by atoms with Gasteiger partial charge in [0.05, 0.1) is 17.2 Å². The Balaban J connectivity index is 1.33. The van der Waals surface area contributed by atoms with Gasteiger partial charge in [-0.1, -0.05) is 42.5 Å². The van der Waals surface area contributed by atoms with E-state index in [9.17, 15) is 31.2 Å². The van der Waals surface area contributed by atoms with Gasteiger partial charge < -0.3 is 15.1 Å². The van der Waals surface area contributed by atoms with Crippen molar-refractivity contribution in [3.05, 3.63) is 125 Å². The lowest BCUT2D eigenvalue weighted by Gasteiger charge is -2.19. The number of carbonyl (C=O) groups excluding carboxylic acids is 2. The van der Waals surface area contributed by atoms with Crippen molar-refractivity contribution in [1.29, 1.82) is 0 Å². The van der Waals surface area contributed by atoms with E-state index in [0.717, 1.165) is 28.7 Å². The van der Waals surface area contributed by atoms with Crippen LogP contribution in [-0.2, 0) is 27.5 Å². The molecule has 1 heterocycles. The van der Waals surface area contributed by atoms with Crippen molar-refractivity contribution < 1.29 is 40.1 Å². The van der Waals surface area contributed by atoms with Crippen molar-refractivity contribution in [2.24, 2.45) is 0 Å². The molecule has 0 radical (unpaired) electrons. The van der Waals surface area contributed by atoms with E-state index in [0.29, 0.717) is 22.6 Å². The van der Waals surface area contributed by atoms with Crippen LogP contribution in [-0.4, -0.2) is 37.1 Å². The Morgan fingerprint density at radius 2 is 1.53 bits per heavy atom. The number of amides is 2. The molecule has 5 rings (SSSR count). The average Bonchev–Trinajstić information content (AvgIpc) is 3.44. The first kappa shape index (κ1) is 31.5. The predicted octanol–water partition coefficient (Wildman–Crippen LogP) is 6.70. The van der Waals surface area contributed by atoms with Gasteiger partial charge in [-0.05, 0) is 78.2 Å². The van der Waals surface area contributed by atoms with E-state index in [1.807, 2.05) is 30.3 Å². The van der Waals surface area contributed by atoms with E-state index in [-0.39, 0.29) is 18.5 Å². The van der Waals surface area contributed by atoms with Crippen LogP contribution in [0.4, 0.5) is 18.9 Å². The molecular weight excluding hydrogens is 609 g/mol. The summed E-state index contributed by atoms with van der Waals surface area (Å²) in [6.45, 7) is -0.283. The van der Waals surface area contributed by atoms with Crippen LogP contribution in [0.25, 0.3) is 22.3 Å². The molecule has 5 aromatic rings. The molecule has 0 bridgehead atoms. The SMILES string of the molecule is O=C(NCCS(=O)(=O)O)c1ccc(CC(C(=O)Nc2ccc(-c3cc4ccccc4o3)cc2)c2ccc(C(F)(F)F)cc2)cc1. The van der Waals surface area contributed by atoms with Crippen molar-refractivity contribution in [3.8, 4) is 11.3 Å². The van der Waals surface area contributed by atoms with E-state index in [1.165, 1.54) is 24.3 Å². The van der Waals surface area contributed by atoms with Crippen LogP contribution in [0.3, 0.4) is 0 Å². The first-order valence-electron chi connectivity index (χ1n) is 13.7. The van der Waals surface area contributed by atoms with Gasteiger partial charge in [-0.15, -0.1) is 0 Å². The molecule has 1 atom stereocenters. The van der Waals surface area contributed by atoms with Crippen LogP contribution in [0, 0.1) is 0 Å². The summed E-state index contributed by atoms with van der Waals surface area (Å²) in [4.78, 5) is 25.9. The van der Waals surface area contributed by atoms with Crippen molar-refractivity contribution in [1.82, 2.24) is 5.32 Å². The maximum Gasteiger partial charge on any atom is 0.416 e. The second-order valence-electron chi connectivity index (χ2n) is 10.3. The van der Waals surface area contributed by atoms with Gasteiger partial charge in [-0.2, -0.15) is 21.6 Å². The van der Waals surface area contributed by atoms with Crippen LogP contribution >= 0.6 is 0 Å². The predicted molar refractivity (Wildman–Crippen MR) is 163 cm³/mol. The average molecular weight is 637 g/mol. The zero-order valence-electron chi connectivity index (χ0n) is 23.5. The Bertz CT molecular complexity index is 1890. The molecule has 8 nitrogen and oxygen atoms in total. The number of halogens is 3. The van der Waals surface area contributed by atoms with Gasteiger partial charge in [-0.3, -0.25) is 14.1 Å². The van der Waals surface area contributed by atoms with Gasteiger partial charge in [-0.25, -0.2) is 0 Å². The Morgan fingerprint density at radius 1 is 0.867 bits per heavy atom. The number of anilines is 1. The van der Waals surface area contributed by atoms with E-state index >= 15 is 0 Å². The van der Waals surface area contributed by atoms with Gasteiger partial charge in [0.25, 0.3) is 16.0 Å². The Kier molecular flexibility index (Phi) is 9.07. The molecule has 0 aliphatic heterocycles. The monoisotopic (exact) mass is 636 g/mol. The van der Waals surface area contributed by atoms with E-state index in [1.54, 1.807) is 36.4 Å². The first-order valence-corrected chi connectivity index (χ1v) is 15.4. The van der Waals surface area contributed by atoms with Crippen molar-refractivity contribution >= 4 is 38.6 Å². The Labute approximate surface area is 256 Å². The lowest BCUT2D eigenvalue weighted by atomic mass is 9.90. The number of hydrogen-bond acceptors (Lipinski definition) is 5. The number of para-hydroxylation sites is 1. The maximum atomic E-state index is 13.6. The molecule has 1 unspecified atom stereocenters. The van der Waals surface area contributed by atoms with E-state index < -0.39 is 45.3 Å². The van der Waals surface area contributed by atoms with Crippen molar-refractivity contribution in [2.75, 3.05) is 17.6 Å². The fourth-order valence-corrected chi connectivity index (χ4v) is 5.12. The third kappa shape index (κ3) is 8.16. The van der Waals surface area contributed by atoms with Gasteiger partial charge >= 0.3 is 6.18 Å². The number of rotatable bonds is 10. The third-order valence-corrected chi connectivity index (χ3v) is 7.84. The molecule has 2 amide bonds. The van der Waals surface area contributed by atoms with Crippen molar-refractivity contribution in [2.45, 2.75) is 18.5 Å². The highest BCUT2D eigenvalue weighted by Gasteiger charge is 2.31. The summed E-state index contributed by atoms with van der Waals surface area (Å²) in [5.41, 5.74) is 2.40. The number of benzene rings is 4. The quantitative estimate of drug-likeness (QED) is 0.147. The summed E-state index contributed by atoms with van der Waals surface area (Å²) in [7, 11) is -4.23. The number of furan rings is 1. The van der Waals surface area contributed by atoms with Gasteiger partial charge in [0.2, 0.25) is 5.91 Å². The van der Waals surface area contributed by atoms with E-state index in [2.05, 4.69) is 10.6 Å². The highest BCUT2D eigenvalue weighted by atomic mass is 32.2. The zero-order chi connectivity index (χ0) is 32.2. The van der Waals surface area contributed by atoms with Crippen LogP contribution in [0.15, 0.2) is 108 Å². The largest absolute Gasteiger partial charge is 0.456 e. The summed E-state index contributed by atoms with van der Waals surface area (Å²) >= 11 is 0. The molecule has 0 aliphatic rings. The molecule has 1 aromatic heterocycles. The minimum Gasteiger partial charge on any atom is -0.456 e. The Morgan fingerprint density at radius 3 is 2.16 bits per heavy atom. The zero-order valence-corrected chi connectivity index (χ0v) is 24.4. The Hall–Kier alpha value is -4.94. The van der Waals surface area contributed by atoms with Gasteiger partial charge in [0.15, 0.2) is 0 Å². The molecule has 45 heavy (non-hydrogen) atoms. The normalized spacial score (nSPS) is 12.5. The number of nitrogens with one attached hydrogen (secondary N) is 2. The maximum absolute atomic E-state index is 13.6. The summed E-state index contributed by atoms with van der Waals surface area (Å²) in [5.74, 6) is -1.86. The molecule has 0 aliphatic carbocycles. The molecule has 12 heteroatoms. The minimum absolute atomic E-state index is 0.110. The fraction of sp³-hybridized carbons (Fsp3) is 0.152. The van der Waals surface area contributed by atoms with E-state index in [4.69, 9.17) is 8.97 Å². The third-order valence-electron chi connectivity index (χ3n) is 7.12. The summed E-state index contributed by atoms with van der Waals surface area (Å²) < 4.78 is 76.1. The van der Waals surface area contributed by atoms with Crippen LogP contribution in [0.1, 0.15) is 33.0 Å². The minimum atomic E-state index is -4.53. The molecule has 0 saturated carbocycles. The van der Waals surface area contributed by atoms with Crippen molar-refractivity contribution in [3.63, 3.8) is 0 Å². The van der Waals surface area contributed by atoms with Gasteiger partial charge in [0.1, 0.15) is 11.3 Å². The number of alkyl halides is 3. The molecule has 232 valence electrons. The summed E-state index contributed by atoms with van der Waals surface area (Å²) in [5, 5.41) is 6.19. The summed E-state index contributed by atoms with van der Waals surface area (Å²) in [6.07, 6.45) is -4.42. The standard InChI is InChI=1S/C33H27F3N2O6S/c34-33(35,36)26-13-9-22(10-14-26)28(19-21-5-7-24(8-6-21)31(39)37-17-18-45(41,42)43)32(40)38-27-15-11-23(12-16-27)30-20-25-3-1-2-4-29(25)44-30/h1-16,20,28H,17-19H2,(H,37,39)(H,38,40)(H,41,42,43). The first-order chi connectivity index (χ1) is 21.4. The lowest BCUT2D eigenvalue weighted by Crippen LogP contribution is -2.28. The topological polar surface area (TPSA) is 126 Å². The van der Waals surface area contributed by atoms with Crippen LogP contribution in [0.5, 0.6) is 0 Å². The number of carbonyl (C=O) groups is 2. The highest BCUT2D eigenvalue weighted by Crippen LogP contribution is 2.32. The number of hydrogen-bond donors (Lipinski definition) is 3. The number of fused-ring (bicyclic) bond motifs is 1. The highest BCUT2D eigenvalue weighted by molar-refractivity contribution is 7.85. The van der Waals surface area contributed by atoms with Crippen LogP contribution in [0.2, 0.25) is 0 Å². The fourth-order valence-electron chi connectivity index (χ4n) is 4.76. The second-order valence-corrected chi connectivity index (χ2v) is 11.9. The molecule has 4 aromatic carbocycles. The smallest absolute Gasteiger partial charge is 0.416 e. The van der Waals surface area contributed by atoms with Crippen LogP contribution < -0.4 is 10.6 Å². The molecular formula is C33H27F3N2O6S. The summed E-state index contributed by atoms with van der Waals surface area (Å²) in [6, 6.07) is 27.1. The lowest BCUT2D eigenvalue weighted by molar-refractivity contribution is -0.137. The molecule has 3 N–H and O–H groups in total. The molecule has 0 spiro atoms. The second kappa shape index (κ2) is 13.0. The van der Waals surface area contributed by atoms with Gasteiger partial charge in [0, 0.05) is 28.7 Å². The molecule has 0 fully saturated rings. The molecule has 0 saturated heterocycles.